The molecule has 148 valence electrons. The summed E-state index contributed by atoms with van der Waals surface area (Å²) < 4.78 is 28.2. The van der Waals surface area contributed by atoms with Crippen LogP contribution in [-0.4, -0.2) is 19.5 Å². The molecule has 0 heterocycles. The van der Waals surface area contributed by atoms with E-state index in [4.69, 9.17) is 16.7 Å². The molecule has 28 heavy (non-hydrogen) atoms. The van der Waals surface area contributed by atoms with Crippen LogP contribution in [0.4, 0.5) is 5.69 Å². The zero-order chi connectivity index (χ0) is 20.7. The number of benzene rings is 2. The van der Waals surface area contributed by atoms with Crippen LogP contribution >= 0.6 is 11.6 Å². The molecule has 2 aromatic rings. The molecule has 2 N–H and O–H groups in total. The zero-order valence-corrected chi connectivity index (χ0v) is 17.3. The molecule has 0 spiro atoms. The molecule has 0 saturated heterocycles. The molecule has 0 radical (unpaired) electrons. The van der Waals surface area contributed by atoms with Crippen LogP contribution in [0.2, 0.25) is 5.02 Å². The van der Waals surface area contributed by atoms with Crippen LogP contribution in [0.1, 0.15) is 42.4 Å². The molecule has 0 bridgehead atoms. The summed E-state index contributed by atoms with van der Waals surface area (Å²) in [7, 11) is -3.77. The fraction of sp³-hybridized carbons (Fsp3) is 0.286. The van der Waals surface area contributed by atoms with Gasteiger partial charge in [0.25, 0.3) is 10.0 Å². The largest absolute Gasteiger partial charge is 0.481 e. The number of unbranched alkanes of at least 4 members (excludes halogenated alkanes) is 2. The number of rotatable bonds is 7. The predicted octanol–water partition coefficient (Wildman–Crippen LogP) is 4.75. The van der Waals surface area contributed by atoms with Crippen LogP contribution in [0, 0.1) is 25.7 Å². The number of carboxylic acids is 1. The minimum absolute atomic E-state index is 0.124. The van der Waals surface area contributed by atoms with E-state index >= 15 is 0 Å². The Balaban J connectivity index is 2.13. The highest BCUT2D eigenvalue weighted by molar-refractivity contribution is 7.92. The molecule has 2 aromatic carbocycles. The van der Waals surface area contributed by atoms with Gasteiger partial charge in [-0.3, -0.25) is 9.52 Å². The Bertz CT molecular complexity index is 1010. The average Bonchev–Trinajstić information content (AvgIpc) is 2.61. The van der Waals surface area contributed by atoms with E-state index in [2.05, 4.69) is 16.6 Å². The van der Waals surface area contributed by atoms with Gasteiger partial charge in [-0.15, -0.1) is 0 Å². The molecule has 7 heteroatoms. The van der Waals surface area contributed by atoms with Crippen molar-refractivity contribution in [2.24, 2.45) is 0 Å². The molecule has 0 atom stereocenters. The zero-order valence-electron chi connectivity index (χ0n) is 15.8. The second-order valence-corrected chi connectivity index (χ2v) is 8.57. The van der Waals surface area contributed by atoms with Crippen LogP contribution < -0.4 is 4.72 Å². The lowest BCUT2D eigenvalue weighted by Crippen LogP contribution is -2.14. The first-order valence-electron chi connectivity index (χ1n) is 8.79. The van der Waals surface area contributed by atoms with Crippen molar-refractivity contribution >= 4 is 33.3 Å². The van der Waals surface area contributed by atoms with Crippen molar-refractivity contribution in [2.75, 3.05) is 4.72 Å². The number of aliphatic carboxylic acids is 1. The molecular weight excluding hydrogens is 398 g/mol. The van der Waals surface area contributed by atoms with Gasteiger partial charge < -0.3 is 5.11 Å². The third-order valence-electron chi connectivity index (χ3n) is 4.05. The third kappa shape index (κ3) is 6.29. The van der Waals surface area contributed by atoms with Crippen molar-refractivity contribution < 1.29 is 18.3 Å². The molecule has 0 aliphatic carbocycles. The van der Waals surface area contributed by atoms with Crippen molar-refractivity contribution in [3.63, 3.8) is 0 Å². The van der Waals surface area contributed by atoms with Gasteiger partial charge in [-0.05, 0) is 68.1 Å². The van der Waals surface area contributed by atoms with Gasteiger partial charge in [-0.1, -0.05) is 29.5 Å². The number of carboxylic acid groups (broad SMARTS) is 1. The Hall–Kier alpha value is -2.49. The lowest BCUT2D eigenvalue weighted by Gasteiger charge is -2.14. The first-order chi connectivity index (χ1) is 13.2. The standard InChI is InChI=1S/C21H22ClNO4S/c1-15-12-18(22)13-16(2)21(15)23-28(26,27)19-10-7-9-17(14-19)8-5-3-4-6-11-20(24)25/h7,9-10,12-14,23H,3-4,6,11H2,1-2H3,(H,24,25). The Labute approximate surface area is 170 Å². The van der Waals surface area contributed by atoms with Crippen molar-refractivity contribution in [2.45, 2.75) is 44.4 Å². The third-order valence-corrected chi connectivity index (χ3v) is 5.62. The van der Waals surface area contributed by atoms with Crippen LogP contribution in [0.15, 0.2) is 41.3 Å². The van der Waals surface area contributed by atoms with E-state index in [0.29, 0.717) is 35.5 Å². The van der Waals surface area contributed by atoms with Gasteiger partial charge in [-0.25, -0.2) is 8.42 Å². The Morgan fingerprint density at radius 3 is 2.46 bits per heavy atom. The number of sulfonamides is 1. The van der Waals surface area contributed by atoms with E-state index in [1.807, 2.05) is 0 Å². The summed E-state index contributed by atoms with van der Waals surface area (Å²) in [5.74, 6) is 5.07. The second-order valence-electron chi connectivity index (χ2n) is 6.45. The summed E-state index contributed by atoms with van der Waals surface area (Å²) in [5.41, 5.74) is 2.58. The highest BCUT2D eigenvalue weighted by Crippen LogP contribution is 2.27. The summed E-state index contributed by atoms with van der Waals surface area (Å²) in [5, 5.41) is 9.16. The Morgan fingerprint density at radius 2 is 1.82 bits per heavy atom. The number of anilines is 1. The van der Waals surface area contributed by atoms with Crippen LogP contribution in [0.5, 0.6) is 0 Å². The minimum atomic E-state index is -3.77. The van der Waals surface area contributed by atoms with Crippen LogP contribution in [0.25, 0.3) is 0 Å². The smallest absolute Gasteiger partial charge is 0.303 e. The van der Waals surface area contributed by atoms with Gasteiger partial charge >= 0.3 is 5.97 Å². The number of aryl methyl sites for hydroxylation is 2. The second kappa shape index (κ2) is 9.63. The number of hydrogen-bond acceptors (Lipinski definition) is 3. The number of nitrogens with one attached hydrogen (secondary N) is 1. The molecule has 0 saturated carbocycles. The molecular formula is C21H22ClNO4S. The first-order valence-corrected chi connectivity index (χ1v) is 10.7. The van der Waals surface area contributed by atoms with E-state index in [1.165, 1.54) is 12.1 Å². The van der Waals surface area contributed by atoms with E-state index in [-0.39, 0.29) is 11.3 Å². The van der Waals surface area contributed by atoms with Gasteiger partial charge in [0.1, 0.15) is 0 Å². The predicted molar refractivity (Wildman–Crippen MR) is 111 cm³/mol. The molecule has 0 unspecified atom stereocenters. The molecule has 0 amide bonds. The van der Waals surface area contributed by atoms with Gasteiger partial charge in [0.2, 0.25) is 0 Å². The first kappa shape index (κ1) is 21.8. The van der Waals surface area contributed by atoms with Gasteiger partial charge in [0.15, 0.2) is 0 Å². The Morgan fingerprint density at radius 1 is 1.14 bits per heavy atom. The fourth-order valence-electron chi connectivity index (χ4n) is 2.66. The fourth-order valence-corrected chi connectivity index (χ4v) is 4.24. The highest BCUT2D eigenvalue weighted by Gasteiger charge is 2.17. The Kier molecular flexibility index (Phi) is 7.50. The number of hydrogen-bond donors (Lipinski definition) is 2. The average molecular weight is 420 g/mol. The highest BCUT2D eigenvalue weighted by atomic mass is 35.5. The van der Waals surface area contributed by atoms with Crippen molar-refractivity contribution in [1.29, 1.82) is 0 Å². The van der Waals surface area contributed by atoms with Crippen molar-refractivity contribution in [1.82, 2.24) is 0 Å². The van der Waals surface area contributed by atoms with E-state index in [1.54, 1.807) is 38.1 Å². The summed E-state index contributed by atoms with van der Waals surface area (Å²) in [6, 6.07) is 9.83. The topological polar surface area (TPSA) is 83.5 Å². The van der Waals surface area contributed by atoms with Gasteiger partial charge in [0.05, 0.1) is 10.6 Å². The van der Waals surface area contributed by atoms with Crippen LogP contribution in [0.3, 0.4) is 0 Å². The lowest BCUT2D eigenvalue weighted by atomic mass is 10.1. The molecule has 5 nitrogen and oxygen atoms in total. The maximum absolute atomic E-state index is 12.8. The summed E-state index contributed by atoms with van der Waals surface area (Å²) in [4.78, 5) is 10.6. The molecule has 0 aliphatic heterocycles. The summed E-state index contributed by atoms with van der Waals surface area (Å²) in [6.07, 6.45) is 1.95. The normalized spacial score (nSPS) is 10.8. The summed E-state index contributed by atoms with van der Waals surface area (Å²) in [6.45, 7) is 3.59. The summed E-state index contributed by atoms with van der Waals surface area (Å²) >= 11 is 6.01. The maximum atomic E-state index is 12.8. The van der Waals surface area contributed by atoms with Crippen molar-refractivity contribution in [3.8, 4) is 11.8 Å². The van der Waals surface area contributed by atoms with Crippen LogP contribution in [-0.2, 0) is 14.8 Å². The quantitative estimate of drug-likeness (QED) is 0.500. The monoisotopic (exact) mass is 419 g/mol. The molecule has 0 aromatic heterocycles. The maximum Gasteiger partial charge on any atom is 0.303 e. The van der Waals surface area contributed by atoms with E-state index in [9.17, 15) is 13.2 Å². The van der Waals surface area contributed by atoms with Crippen molar-refractivity contribution in [3.05, 3.63) is 58.1 Å². The molecule has 0 aliphatic rings. The number of carbonyl (C=O) groups is 1. The molecule has 2 rings (SSSR count). The van der Waals surface area contributed by atoms with E-state index in [0.717, 1.165) is 11.1 Å². The SMILES string of the molecule is Cc1cc(Cl)cc(C)c1NS(=O)(=O)c1cccc(C#CCCCCC(=O)O)c1. The van der Waals surface area contributed by atoms with Gasteiger partial charge in [0, 0.05) is 23.4 Å². The lowest BCUT2D eigenvalue weighted by molar-refractivity contribution is -0.137. The minimum Gasteiger partial charge on any atom is -0.481 e. The number of halogens is 1. The van der Waals surface area contributed by atoms with Gasteiger partial charge in [-0.2, -0.15) is 0 Å². The van der Waals surface area contributed by atoms with E-state index < -0.39 is 16.0 Å². The molecule has 0 fully saturated rings.